The van der Waals surface area contributed by atoms with Crippen LogP contribution in [-0.4, -0.2) is 92.3 Å². The maximum atomic E-state index is 10.3. The minimum atomic E-state index is -6.49. The van der Waals surface area contributed by atoms with E-state index < -0.39 is 584 Å². The van der Waals surface area contributed by atoms with Crippen LogP contribution in [0.2, 0.25) is 15.9 Å². The highest BCUT2D eigenvalue weighted by molar-refractivity contribution is 7.20. The van der Waals surface area contributed by atoms with Crippen molar-refractivity contribution >= 4 is 170 Å². The quantitative estimate of drug-likeness (QED) is 0.0656. The highest BCUT2D eigenvalue weighted by Gasteiger charge is 2.43. The number of H-pyrrole nitrogens is 1. The van der Waals surface area contributed by atoms with Gasteiger partial charge in [0, 0.05) is 65.6 Å². The maximum absolute atomic E-state index is 10.3. The van der Waals surface area contributed by atoms with E-state index in [9.17, 15) is 23.8 Å². The number of para-hydroxylation sites is 6. The van der Waals surface area contributed by atoms with E-state index in [4.69, 9.17) is 127 Å². The highest BCUT2D eigenvalue weighted by atomic mass is 35.5. The van der Waals surface area contributed by atoms with Crippen molar-refractivity contribution in [2.45, 2.75) is 22.3 Å². The van der Waals surface area contributed by atoms with E-state index in [1.807, 2.05) is 0 Å². The van der Waals surface area contributed by atoms with Gasteiger partial charge in [-0.2, -0.15) is 39.9 Å². The van der Waals surface area contributed by atoms with E-state index in [1.165, 1.54) is 0 Å². The molecule has 0 spiro atoms. The monoisotopic (exact) mass is 1910 g/mol. The Morgan fingerprint density at radius 1 is 0.231 bits per heavy atom. The van der Waals surface area contributed by atoms with E-state index in [2.05, 4.69) is 49.8 Å². The average Bonchev–Trinajstić information content (AvgIpc) is 1.29. The van der Waals surface area contributed by atoms with Crippen molar-refractivity contribution in [2.24, 2.45) is 0 Å². The fraction of sp³-hybridized carbons (Fsp3) is 0.0263. The van der Waals surface area contributed by atoms with Gasteiger partial charge in [0.05, 0.1) is 128 Å². The molecule has 23 rings (SSSR count). The van der Waals surface area contributed by atoms with Crippen molar-refractivity contribution in [3.8, 4) is 57.4 Å². The zero-order valence-corrected chi connectivity index (χ0v) is 68.8. The molecule has 14 nitrogen and oxygen atoms in total. The van der Waals surface area contributed by atoms with Gasteiger partial charge in [-0.1, -0.05) is 451 Å². The van der Waals surface area contributed by atoms with Gasteiger partial charge in [-0.15, -0.1) is 0 Å². The molecule has 0 amide bonds. The molecule has 0 fully saturated rings. The topological polar surface area (TPSA) is 182 Å². The summed E-state index contributed by atoms with van der Waals surface area (Å²) in [5.41, 5.74) is -5.51. The first kappa shape index (κ1) is 36.9. The van der Waals surface area contributed by atoms with Gasteiger partial charge in [0.2, 0.25) is 27.7 Å². The molecule has 20 heteroatoms. The number of aromatic amines is 1. The van der Waals surface area contributed by atoms with Crippen LogP contribution in [0.5, 0.6) is 0 Å². The van der Waals surface area contributed by atoms with Crippen molar-refractivity contribution in [1.29, 1.82) is 0 Å². The van der Waals surface area contributed by atoms with Crippen LogP contribution < -0.4 is 47.0 Å². The van der Waals surface area contributed by atoms with Crippen molar-refractivity contribution in [1.82, 2.24) is 59.0 Å². The van der Waals surface area contributed by atoms with Gasteiger partial charge in [0.15, 0.2) is 39.4 Å². The predicted octanol–water partition coefficient (Wildman–Crippen LogP) is 21.8. The largest absolute Gasteiger partial charge is 0.488 e. The summed E-state index contributed by atoms with van der Waals surface area (Å²) in [6, 6.07) is -71.0. The molecule has 0 unspecified atom stereocenters. The highest BCUT2D eigenvalue weighted by Crippen LogP contribution is 2.35. The third-order valence-electron chi connectivity index (χ3n) is 18.1. The summed E-state index contributed by atoms with van der Waals surface area (Å²) in [4.78, 5) is 39.0. The van der Waals surface area contributed by atoms with Crippen LogP contribution in [0.15, 0.2) is 465 Å². The Bertz CT molecular complexity index is 12100. The van der Waals surface area contributed by atoms with Crippen molar-refractivity contribution in [3.05, 3.63) is 481 Å². The Morgan fingerprint density at radius 2 is 0.470 bits per heavy atom. The number of fused-ring (bicyclic) bond motifs is 9. The third kappa shape index (κ3) is 18.9. The minimum absolute atomic E-state index is 0. The number of halogens is 3. The molecule has 0 aliphatic carbocycles. The van der Waals surface area contributed by atoms with Crippen LogP contribution in [0.1, 0.15) is 128 Å². The Morgan fingerprint density at radius 3 is 0.806 bits per heavy atom. The molecule has 0 atom stereocenters. The number of rotatable bonds is 15. The summed E-state index contributed by atoms with van der Waals surface area (Å²) >= 11 is 17.4. The molecule has 17 aromatic carbocycles. The Hall–Kier alpha value is -15.5. The standard InChI is InChI=1S/C45H32N4Si.C24H21BO2Si.C21H13ClN4.C12H9N.C9H5Cl2N3.3CH4/c1-5-18-33(19-6-1)43-46-44(48-45(47-43)49-41-30-15-13-28-39(41)40-29-14-16-31-42(40)49)34-20-17-27-38(32-34)50(35-21-7-2-8-22-35,36-23-9-3-10-24-36)37-25-11-4-12-26-37;26-25(27)20-11-10-18-24(19-20)28(21-12-4-1-5-13-21,22-14-6-2-7-15-22)23-16-8-3-9-17-23;22-20-23-19(14-8-2-1-3-9-14)24-21(25-20)26-17-12-6-4-10-15(17)16-11-5-7-13-18(16)26;1-3-7-11-9(5-1)10-6-2-4-8-12(10)13-11;10-8-12-7(13-9(11)14-8)6-4-2-1-3-5-6;;;/h1-32H;1-19,26-27H;1-13H;1-8,13H;1-5H;3*1H4/i1D,2D,3D,4D,5D,6D,7D,8D,9D,10D,11D,12D,13D,14D,15D,16D,17D,18D,19D,20D,21D,22D,23D,24D,25D,26D,27D,28D,29D,30D,31D,32D;1D,2D,3D,4D,5D,6D,7D,8D,9D,10D,11D,12D,13D,14D,15D,16D,17D,18D,19D;1D,2D,3D,4D,5D,6D,7D,8D,9D,10D,11D,12D,13D;1D,2D,3D,4D,5D,6D,7D,8D;1D,2D,3D,4D,5D;;;. The van der Waals surface area contributed by atoms with Gasteiger partial charge < -0.3 is 15.0 Å². The fourth-order valence-corrected chi connectivity index (χ4v) is 20.4. The number of benzene rings is 17. The maximum Gasteiger partial charge on any atom is 0.488 e. The molecular weight excluding hydrogens is 1740 g/mol. The lowest BCUT2D eigenvalue weighted by Gasteiger charge is -2.34. The first-order chi connectivity index (χ1) is 96.5. The van der Waals surface area contributed by atoms with Crippen LogP contribution in [0.25, 0.3) is 123 Å². The Labute approximate surface area is 904 Å². The van der Waals surface area contributed by atoms with Crippen molar-refractivity contribution < 1.29 is 116 Å². The molecule has 0 saturated carbocycles. The zero-order chi connectivity index (χ0) is 156. The molecule has 652 valence electrons. The number of aromatic nitrogens is 12. The molecule has 3 N–H and O–H groups in total. The fourth-order valence-electron chi connectivity index (χ4n) is 12.8. The molecule has 0 radical (unpaired) electrons. The second-order valence-corrected chi connectivity index (χ2v) is 33.3. The first-order valence-corrected chi connectivity index (χ1v) is 41.6. The first-order valence-electron chi connectivity index (χ1n) is 75.0. The normalized spacial score (nSPS) is 19.0. The molecule has 6 aromatic heterocycles. The van der Waals surface area contributed by atoms with Crippen molar-refractivity contribution in [2.75, 3.05) is 0 Å². The molecule has 23 aromatic rings. The Kier molecular flexibility index (Phi) is 11.6. The van der Waals surface area contributed by atoms with E-state index >= 15 is 0 Å². The summed E-state index contributed by atoms with van der Waals surface area (Å²) < 4.78 is 661. The minimum Gasteiger partial charge on any atom is -0.423 e. The number of nitrogens with zero attached hydrogens (tertiary/aromatic N) is 11. The lowest BCUT2D eigenvalue weighted by molar-refractivity contribution is 0.426. The van der Waals surface area contributed by atoms with Gasteiger partial charge in [-0.25, -0.2) is 4.98 Å². The molecule has 0 bridgehead atoms. The molecule has 0 saturated heterocycles. The van der Waals surface area contributed by atoms with Gasteiger partial charge in [0.1, 0.15) is 0 Å². The molecule has 0 aliphatic rings. The van der Waals surface area contributed by atoms with Crippen LogP contribution in [0.4, 0.5) is 0 Å². The predicted molar refractivity (Wildman–Crippen MR) is 564 cm³/mol. The van der Waals surface area contributed by atoms with Crippen LogP contribution >= 0.6 is 34.8 Å². The van der Waals surface area contributed by atoms with Crippen LogP contribution in [-0.2, 0) is 0 Å². The van der Waals surface area contributed by atoms with Gasteiger partial charge in [-0.3, -0.25) is 9.13 Å². The summed E-state index contributed by atoms with van der Waals surface area (Å²) in [5, 5.41) is 9.08. The summed E-state index contributed by atoms with van der Waals surface area (Å²) in [6.45, 7) is 0. The summed E-state index contributed by atoms with van der Waals surface area (Å²) in [7, 11) is -15.2. The lowest BCUT2D eigenvalue weighted by Crippen LogP contribution is -2.75. The molecular formula is C114H92BCl3N12O2Si2. The van der Waals surface area contributed by atoms with Gasteiger partial charge >= 0.3 is 7.12 Å². The molecule has 6 heterocycles. The smallest absolute Gasteiger partial charge is 0.423 e. The Balaban J connectivity index is 0.000000196. The average molecular weight is 1910 g/mol. The second-order valence-electron chi connectivity index (χ2n) is 25.3. The molecule has 0 aliphatic heterocycles. The van der Waals surface area contributed by atoms with E-state index in [0.717, 1.165) is 4.57 Å². The van der Waals surface area contributed by atoms with Crippen molar-refractivity contribution in [3.63, 3.8) is 0 Å². The molecule has 134 heavy (non-hydrogen) atoms. The van der Waals surface area contributed by atoms with Gasteiger partial charge in [-0.05, 0) is 118 Å². The zero-order valence-electron chi connectivity index (χ0n) is 142. The van der Waals surface area contributed by atoms with E-state index in [0.29, 0.717) is 4.57 Å². The number of hydrogen-bond donors (Lipinski definition) is 3. The third-order valence-corrected chi connectivity index (χ3v) is 26.6. The van der Waals surface area contributed by atoms with Gasteiger partial charge in [0.25, 0.3) is 0 Å². The van der Waals surface area contributed by atoms with Crippen LogP contribution in [0, 0.1) is 0 Å². The van der Waals surface area contributed by atoms with Crippen LogP contribution in [0.3, 0.4) is 0 Å². The summed E-state index contributed by atoms with van der Waals surface area (Å²) in [5.74, 6) is -4.32. The second kappa shape index (κ2) is 42.1. The number of hydrogen-bond acceptors (Lipinski definition) is 11. The van der Waals surface area contributed by atoms with E-state index in [1.54, 1.807) is 0 Å². The van der Waals surface area contributed by atoms with E-state index in [-0.39, 0.29) is 112 Å². The summed E-state index contributed by atoms with van der Waals surface area (Å²) in [6.07, 6.45) is 0. The SMILES string of the molecule is C.C.C.[2H]c1c([2H])c([2H])c(-c2nc(-c3c([2H])c([2H])c([2H])c([Si](c4c([2H])c([2H])c([2H])c([2H])c4[2H])(c4c([2H])c([2H])c([2H])c([2H])c4[2H])c4c([2H])c([2H])c([2H])c([2H])c4[2H])c3[2H])nc(-n3c4c([2H])c([2H])c([2H])c([2H])c4c4c([2H])c([2H])c([2H])c([2H])c43)n2)c([2H])c1[2H].[2H]c1c([2H])c([2H])c(-c2nc(Cl)nc(-n3c4c([2H])c([2H])c([2H])c([2H])c4c4c([2H])c([2H])c([2H])c([2H])c43)n2)c([2H])c1[2H].[2H]c1c([2H])c([2H])c(-c2nc(Cl)nc(Cl)n2)c([2H])c1[2H].[2H]c1c([2H])c([2H])c([Si](c2c([2H])c([2H])c([2H])c([2H])c2[2H])(c2c([2H])c([2H])c([2H])c([2H])c2[2H])c2c([2H])c([2H])c([2H])c(B(O)O)c2[2H])c([2H])c1[2H].[2H]c1c([2H])c([2H])c2c([nH]c3c([2H])c([2H])c([2H])c([2H])c32)c1[2H]. The lowest BCUT2D eigenvalue weighted by atomic mass is 9.80. The number of nitrogens with one attached hydrogen (secondary N) is 1.